The predicted molar refractivity (Wildman–Crippen MR) is 128 cm³/mol. The van der Waals surface area contributed by atoms with Gasteiger partial charge in [0.2, 0.25) is 0 Å². The molecule has 1 fully saturated rings. The van der Waals surface area contributed by atoms with Gasteiger partial charge in [0.15, 0.2) is 0 Å². The van der Waals surface area contributed by atoms with Crippen LogP contribution >= 0.6 is 0 Å². The number of benzene rings is 2. The Morgan fingerprint density at radius 3 is 2.05 bits per heavy atom. The minimum absolute atomic E-state index is 0.00502. The van der Waals surface area contributed by atoms with Gasteiger partial charge in [-0.25, -0.2) is 0 Å². The van der Waals surface area contributed by atoms with Crippen LogP contribution in [-0.4, -0.2) is 47.6 Å². The minimum Gasteiger partial charge on any atom is -0.459 e. The van der Waals surface area contributed by atoms with Crippen LogP contribution in [0.3, 0.4) is 0 Å². The fourth-order valence-corrected chi connectivity index (χ4v) is 4.43. The third-order valence-electron chi connectivity index (χ3n) is 6.08. The molecule has 0 bridgehead atoms. The topological polar surface area (TPSA) is 58.6 Å². The number of nitrogens with one attached hydrogen (secondary N) is 1. The van der Waals surface area contributed by atoms with E-state index < -0.39 is 52.6 Å². The largest absolute Gasteiger partial charge is 0.459 e. The van der Waals surface area contributed by atoms with Crippen LogP contribution in [0.25, 0.3) is 0 Å². The summed E-state index contributed by atoms with van der Waals surface area (Å²) in [5.41, 5.74) is -3.56. The van der Waals surface area contributed by atoms with Crippen LogP contribution in [0.15, 0.2) is 48.5 Å². The van der Waals surface area contributed by atoms with E-state index in [0.717, 1.165) is 5.56 Å². The number of carbonyl (C=O) groups is 2. The normalized spacial score (nSPS) is 18.8. The second-order valence-electron chi connectivity index (χ2n) is 10.3. The van der Waals surface area contributed by atoms with E-state index in [9.17, 15) is 35.9 Å². The first-order valence-electron chi connectivity index (χ1n) is 12.1. The van der Waals surface area contributed by atoms with Crippen LogP contribution < -0.4 is 5.32 Å². The van der Waals surface area contributed by atoms with E-state index in [2.05, 4.69) is 5.32 Å². The third kappa shape index (κ3) is 8.21. The average molecular weight is 545 g/mol. The molecule has 3 rings (SSSR count). The van der Waals surface area contributed by atoms with Crippen molar-refractivity contribution in [2.75, 3.05) is 13.1 Å². The van der Waals surface area contributed by atoms with Crippen molar-refractivity contribution in [3.8, 4) is 0 Å². The van der Waals surface area contributed by atoms with E-state index in [4.69, 9.17) is 4.74 Å². The van der Waals surface area contributed by atoms with E-state index in [1.807, 2.05) is 12.1 Å². The molecule has 1 N–H and O–H groups in total. The second kappa shape index (κ2) is 11.3. The van der Waals surface area contributed by atoms with Crippen molar-refractivity contribution in [3.05, 3.63) is 70.8 Å². The molecule has 1 amide bonds. The smallest absolute Gasteiger partial charge is 0.416 e. The summed E-state index contributed by atoms with van der Waals surface area (Å²) in [6.45, 7) is 5.23. The van der Waals surface area contributed by atoms with Crippen molar-refractivity contribution >= 4 is 11.9 Å². The molecule has 1 aliphatic heterocycles. The third-order valence-corrected chi connectivity index (χ3v) is 6.08. The van der Waals surface area contributed by atoms with Crippen molar-refractivity contribution in [1.82, 2.24) is 10.2 Å². The quantitative estimate of drug-likeness (QED) is 0.365. The van der Waals surface area contributed by atoms with Crippen LogP contribution in [0.1, 0.15) is 60.7 Å². The molecule has 0 aromatic heterocycles. The lowest BCUT2D eigenvalue weighted by Gasteiger charge is -2.40. The zero-order valence-electron chi connectivity index (χ0n) is 21.2. The molecule has 0 aliphatic carbocycles. The number of nitrogens with zero attached hydrogens (tertiary/aromatic N) is 1. The Balaban J connectivity index is 1.86. The highest BCUT2D eigenvalue weighted by Crippen LogP contribution is 2.37. The van der Waals surface area contributed by atoms with Crippen molar-refractivity contribution < 1.29 is 40.7 Å². The molecule has 38 heavy (non-hydrogen) atoms. The number of halogens is 6. The molecule has 2 aromatic rings. The zero-order valence-corrected chi connectivity index (χ0v) is 21.2. The summed E-state index contributed by atoms with van der Waals surface area (Å²) in [7, 11) is 0. The van der Waals surface area contributed by atoms with Crippen LogP contribution in [0, 0.1) is 0 Å². The molecule has 0 saturated carbocycles. The molecule has 208 valence electrons. The number of esters is 1. The standard InChI is InChI=1S/C27H30F6N2O3/c1-25(2,3)38-23(36)16-34-21-9-10-35(22(15-21)11-17-7-5-4-6-8-17)24(37)18-12-19(26(28,29)30)14-20(13-18)27(31,32)33/h4-8,12-14,21-22,34H,9-11,15-16H2,1-3H3/t21-,22+/m0/s1. The Kier molecular flexibility index (Phi) is 8.80. The highest BCUT2D eigenvalue weighted by molar-refractivity contribution is 5.95. The minimum atomic E-state index is -5.06. The maximum Gasteiger partial charge on any atom is 0.416 e. The van der Waals surface area contributed by atoms with Gasteiger partial charge in [-0.2, -0.15) is 26.3 Å². The van der Waals surface area contributed by atoms with E-state index in [1.54, 1.807) is 39.0 Å². The molecule has 0 unspecified atom stereocenters. The predicted octanol–water partition coefficient (Wildman–Crippen LogP) is 5.87. The Morgan fingerprint density at radius 2 is 1.53 bits per heavy atom. The van der Waals surface area contributed by atoms with Gasteiger partial charge in [-0.15, -0.1) is 0 Å². The molecule has 2 aromatic carbocycles. The molecule has 1 aliphatic rings. The van der Waals surface area contributed by atoms with Gasteiger partial charge in [-0.3, -0.25) is 9.59 Å². The van der Waals surface area contributed by atoms with Crippen LogP contribution in [-0.2, 0) is 28.3 Å². The first-order valence-corrected chi connectivity index (χ1v) is 12.1. The maximum atomic E-state index is 13.4. The van der Waals surface area contributed by atoms with Gasteiger partial charge in [-0.1, -0.05) is 30.3 Å². The molecule has 5 nitrogen and oxygen atoms in total. The molecule has 0 radical (unpaired) electrons. The lowest BCUT2D eigenvalue weighted by molar-refractivity contribution is -0.154. The van der Waals surface area contributed by atoms with Crippen LogP contribution in [0.4, 0.5) is 26.3 Å². The maximum absolute atomic E-state index is 13.4. The van der Waals surface area contributed by atoms with Crippen molar-refractivity contribution in [1.29, 1.82) is 0 Å². The molecule has 1 heterocycles. The number of piperidine rings is 1. The molecule has 0 spiro atoms. The summed E-state index contributed by atoms with van der Waals surface area (Å²) in [5, 5.41) is 3.11. The zero-order chi connectivity index (χ0) is 28.3. The summed E-state index contributed by atoms with van der Waals surface area (Å²) < 4.78 is 85.5. The SMILES string of the molecule is CC(C)(C)OC(=O)CN[C@H]1CCN(C(=O)c2cc(C(F)(F)F)cc(C(F)(F)F)c2)[C@H](Cc2ccccc2)C1. The Labute approximate surface area is 217 Å². The van der Waals surface area contributed by atoms with E-state index in [-0.39, 0.29) is 25.2 Å². The first kappa shape index (κ1) is 29.5. The monoisotopic (exact) mass is 544 g/mol. The fourth-order valence-electron chi connectivity index (χ4n) is 4.43. The van der Waals surface area contributed by atoms with Crippen LogP contribution in [0.2, 0.25) is 0 Å². The van der Waals surface area contributed by atoms with Crippen molar-refractivity contribution in [2.24, 2.45) is 0 Å². The van der Waals surface area contributed by atoms with E-state index in [1.165, 1.54) is 4.90 Å². The lowest BCUT2D eigenvalue weighted by Crippen LogP contribution is -2.52. The number of hydrogen-bond acceptors (Lipinski definition) is 4. The van der Waals surface area contributed by atoms with Gasteiger partial charge in [0.25, 0.3) is 5.91 Å². The molecular weight excluding hydrogens is 514 g/mol. The Morgan fingerprint density at radius 1 is 0.947 bits per heavy atom. The number of carbonyl (C=O) groups excluding carboxylic acids is 2. The number of amides is 1. The number of ether oxygens (including phenoxy) is 1. The Hall–Kier alpha value is -3.08. The second-order valence-corrected chi connectivity index (χ2v) is 10.3. The molecule has 11 heteroatoms. The van der Waals surface area contributed by atoms with Crippen molar-refractivity contribution in [2.45, 2.75) is 70.1 Å². The first-order chi connectivity index (χ1) is 17.5. The fraction of sp³-hybridized carbons (Fsp3) is 0.481. The Bertz CT molecular complexity index is 1090. The van der Waals surface area contributed by atoms with Crippen molar-refractivity contribution in [3.63, 3.8) is 0 Å². The van der Waals surface area contributed by atoms with Gasteiger partial charge >= 0.3 is 18.3 Å². The summed E-state index contributed by atoms with van der Waals surface area (Å²) >= 11 is 0. The lowest BCUT2D eigenvalue weighted by atomic mass is 9.91. The summed E-state index contributed by atoms with van der Waals surface area (Å²) in [6, 6.07) is 9.24. The van der Waals surface area contributed by atoms with Gasteiger partial charge < -0.3 is 15.0 Å². The van der Waals surface area contributed by atoms with E-state index >= 15 is 0 Å². The summed E-state index contributed by atoms with van der Waals surface area (Å²) in [5.74, 6) is -1.37. The highest BCUT2D eigenvalue weighted by atomic mass is 19.4. The number of likely N-dealkylation sites (tertiary alicyclic amines) is 1. The average Bonchev–Trinajstić information content (AvgIpc) is 2.80. The molecule has 2 atom stereocenters. The molecule has 1 saturated heterocycles. The van der Waals surface area contributed by atoms with Gasteiger partial charge in [0, 0.05) is 24.2 Å². The number of rotatable bonds is 6. The van der Waals surface area contributed by atoms with Gasteiger partial charge in [-0.05, 0) is 63.8 Å². The van der Waals surface area contributed by atoms with Crippen LogP contribution in [0.5, 0.6) is 0 Å². The summed E-state index contributed by atoms with van der Waals surface area (Å²) in [6.07, 6.45) is -9.08. The van der Waals surface area contributed by atoms with Gasteiger partial charge in [0.1, 0.15) is 5.60 Å². The van der Waals surface area contributed by atoms with Gasteiger partial charge in [0.05, 0.1) is 17.7 Å². The number of alkyl halides is 6. The highest BCUT2D eigenvalue weighted by Gasteiger charge is 2.39. The molecular formula is C27H30F6N2O3. The number of hydrogen-bond donors (Lipinski definition) is 1. The summed E-state index contributed by atoms with van der Waals surface area (Å²) in [4.78, 5) is 26.8. The van der Waals surface area contributed by atoms with E-state index in [0.29, 0.717) is 31.4 Å².